The molecule has 0 saturated heterocycles. The number of hydrogen-bond acceptors (Lipinski definition) is 1. The molecule has 0 aromatic heterocycles. The second-order valence-electron chi connectivity index (χ2n) is 6.78. The van der Waals surface area contributed by atoms with Crippen LogP contribution in [0.3, 0.4) is 0 Å². The Bertz CT molecular complexity index is 1050. The molecule has 3 heteroatoms. The predicted molar refractivity (Wildman–Crippen MR) is 120 cm³/mol. The van der Waals surface area contributed by atoms with Gasteiger partial charge < -0.3 is 5.32 Å². The van der Waals surface area contributed by atoms with Gasteiger partial charge in [0.25, 0.3) is 0 Å². The lowest BCUT2D eigenvalue weighted by molar-refractivity contribution is 0.256. The van der Waals surface area contributed by atoms with Crippen molar-refractivity contribution in [3.8, 4) is 11.1 Å². The second kappa shape index (κ2) is 8.89. The Morgan fingerprint density at radius 2 is 1.14 bits per heavy atom. The largest absolute Gasteiger partial charge is 0.326 e. The number of urea groups is 1. The van der Waals surface area contributed by atoms with E-state index in [-0.39, 0.29) is 6.03 Å². The first-order chi connectivity index (χ1) is 14.3. The fourth-order valence-corrected chi connectivity index (χ4v) is 3.22. The van der Waals surface area contributed by atoms with Crippen LogP contribution >= 0.6 is 0 Å². The van der Waals surface area contributed by atoms with Crippen molar-refractivity contribution in [3.63, 3.8) is 0 Å². The van der Waals surface area contributed by atoms with Crippen LogP contribution in [-0.4, -0.2) is 6.03 Å². The van der Waals surface area contributed by atoms with Gasteiger partial charge in [-0.05, 0) is 41.0 Å². The highest BCUT2D eigenvalue weighted by Gasteiger charge is 2.16. The van der Waals surface area contributed by atoms with Gasteiger partial charge in [0.05, 0.1) is 6.54 Å². The fraction of sp³-hybridized carbons (Fsp3) is 0.0385. The average Bonchev–Trinajstić information content (AvgIpc) is 2.80. The van der Waals surface area contributed by atoms with Crippen LogP contribution < -0.4 is 10.2 Å². The van der Waals surface area contributed by atoms with Crippen molar-refractivity contribution in [2.24, 2.45) is 0 Å². The monoisotopic (exact) mass is 378 g/mol. The molecule has 142 valence electrons. The maximum absolute atomic E-state index is 13.1. The molecule has 4 aromatic carbocycles. The molecule has 0 aliphatic carbocycles. The molecule has 0 heterocycles. The van der Waals surface area contributed by atoms with Crippen LogP contribution in [0.1, 0.15) is 5.56 Å². The molecule has 2 amide bonds. The number of hydrogen-bond donors (Lipinski definition) is 1. The Morgan fingerprint density at radius 3 is 1.76 bits per heavy atom. The molecule has 0 spiro atoms. The molecular weight excluding hydrogens is 356 g/mol. The summed E-state index contributed by atoms with van der Waals surface area (Å²) >= 11 is 0. The topological polar surface area (TPSA) is 32.3 Å². The highest BCUT2D eigenvalue weighted by Crippen LogP contribution is 2.23. The van der Waals surface area contributed by atoms with Gasteiger partial charge in [0, 0.05) is 11.4 Å². The maximum atomic E-state index is 13.1. The van der Waals surface area contributed by atoms with Crippen molar-refractivity contribution in [1.82, 2.24) is 0 Å². The van der Waals surface area contributed by atoms with E-state index in [2.05, 4.69) is 17.4 Å². The number of carbonyl (C=O) groups is 1. The standard InChI is InChI=1S/C26H22N2O/c29-26(27-24-18-16-23(17-19-24)22-12-6-2-7-13-22)28(25-14-8-3-9-15-25)20-21-10-4-1-5-11-21/h1-19H,20H2,(H,27,29). The van der Waals surface area contributed by atoms with Gasteiger partial charge in [-0.1, -0.05) is 91.0 Å². The first-order valence-electron chi connectivity index (χ1n) is 9.62. The van der Waals surface area contributed by atoms with E-state index in [0.29, 0.717) is 6.54 Å². The predicted octanol–water partition coefficient (Wildman–Crippen LogP) is 6.59. The number of amides is 2. The molecule has 3 nitrogen and oxygen atoms in total. The first kappa shape index (κ1) is 18.5. The lowest BCUT2D eigenvalue weighted by atomic mass is 10.1. The lowest BCUT2D eigenvalue weighted by Gasteiger charge is -2.23. The summed E-state index contributed by atoms with van der Waals surface area (Å²) < 4.78 is 0. The molecule has 0 saturated carbocycles. The molecule has 0 bridgehead atoms. The van der Waals surface area contributed by atoms with E-state index in [9.17, 15) is 4.79 Å². The second-order valence-corrected chi connectivity index (χ2v) is 6.78. The molecule has 0 atom stereocenters. The van der Waals surface area contributed by atoms with Crippen molar-refractivity contribution in [2.75, 3.05) is 10.2 Å². The zero-order valence-electron chi connectivity index (χ0n) is 16.0. The summed E-state index contributed by atoms with van der Waals surface area (Å²) in [5.41, 5.74) is 4.97. The van der Waals surface area contributed by atoms with Crippen LogP contribution in [0, 0.1) is 0 Å². The summed E-state index contributed by atoms with van der Waals surface area (Å²) in [6.07, 6.45) is 0. The number of benzene rings is 4. The van der Waals surface area contributed by atoms with Gasteiger partial charge in [-0.15, -0.1) is 0 Å². The number of rotatable bonds is 5. The molecule has 0 aliphatic heterocycles. The Hall–Kier alpha value is -3.85. The highest BCUT2D eigenvalue weighted by atomic mass is 16.2. The Balaban J connectivity index is 1.53. The molecule has 0 fully saturated rings. The summed E-state index contributed by atoms with van der Waals surface area (Å²) in [6, 6.07) is 37.7. The van der Waals surface area contributed by atoms with Crippen molar-refractivity contribution in [2.45, 2.75) is 6.54 Å². The van der Waals surface area contributed by atoms with E-state index in [1.807, 2.05) is 103 Å². The summed E-state index contributed by atoms with van der Waals surface area (Å²) in [6.45, 7) is 0.499. The van der Waals surface area contributed by atoms with Crippen LogP contribution in [-0.2, 0) is 6.54 Å². The Kier molecular flexibility index (Phi) is 5.68. The number of nitrogens with one attached hydrogen (secondary N) is 1. The van der Waals surface area contributed by atoms with Gasteiger partial charge in [0.15, 0.2) is 0 Å². The molecular formula is C26H22N2O. The quantitative estimate of drug-likeness (QED) is 0.417. The van der Waals surface area contributed by atoms with Gasteiger partial charge in [0.1, 0.15) is 0 Å². The Labute approximate surface area is 171 Å². The first-order valence-corrected chi connectivity index (χ1v) is 9.62. The SMILES string of the molecule is O=C(Nc1ccc(-c2ccccc2)cc1)N(Cc1ccccc1)c1ccccc1. The zero-order valence-corrected chi connectivity index (χ0v) is 16.0. The molecule has 1 N–H and O–H groups in total. The van der Waals surface area contributed by atoms with Crippen molar-refractivity contribution >= 4 is 17.4 Å². The van der Waals surface area contributed by atoms with E-state index in [4.69, 9.17) is 0 Å². The normalized spacial score (nSPS) is 10.3. The van der Waals surface area contributed by atoms with Crippen molar-refractivity contribution < 1.29 is 4.79 Å². The van der Waals surface area contributed by atoms with Gasteiger partial charge in [-0.25, -0.2) is 4.79 Å². The summed E-state index contributed by atoms with van der Waals surface area (Å²) in [5, 5.41) is 3.03. The van der Waals surface area contributed by atoms with E-state index >= 15 is 0 Å². The number of anilines is 2. The van der Waals surface area contributed by atoms with Crippen LogP contribution in [0.2, 0.25) is 0 Å². The third-order valence-electron chi connectivity index (χ3n) is 4.74. The van der Waals surface area contributed by atoms with Crippen LogP contribution in [0.5, 0.6) is 0 Å². The van der Waals surface area contributed by atoms with E-state index in [1.54, 1.807) is 4.90 Å². The highest BCUT2D eigenvalue weighted by molar-refractivity contribution is 6.01. The molecule has 0 unspecified atom stereocenters. The van der Waals surface area contributed by atoms with Gasteiger partial charge in [0.2, 0.25) is 0 Å². The van der Waals surface area contributed by atoms with Crippen LogP contribution in [0.4, 0.5) is 16.2 Å². The number of carbonyl (C=O) groups excluding carboxylic acids is 1. The molecule has 0 aliphatic rings. The minimum Gasteiger partial charge on any atom is -0.308 e. The lowest BCUT2D eigenvalue weighted by Crippen LogP contribution is -2.34. The minimum atomic E-state index is -0.160. The summed E-state index contributed by atoms with van der Waals surface area (Å²) in [5.74, 6) is 0. The third kappa shape index (κ3) is 4.71. The van der Waals surface area contributed by atoms with E-state index in [0.717, 1.165) is 28.1 Å². The summed E-state index contributed by atoms with van der Waals surface area (Å²) in [7, 11) is 0. The van der Waals surface area contributed by atoms with Gasteiger partial charge in [-0.2, -0.15) is 0 Å². The average molecular weight is 378 g/mol. The van der Waals surface area contributed by atoms with Crippen molar-refractivity contribution in [3.05, 3.63) is 121 Å². The zero-order chi connectivity index (χ0) is 19.9. The summed E-state index contributed by atoms with van der Waals surface area (Å²) in [4.78, 5) is 14.8. The minimum absolute atomic E-state index is 0.160. The van der Waals surface area contributed by atoms with Crippen LogP contribution in [0.15, 0.2) is 115 Å². The maximum Gasteiger partial charge on any atom is 0.326 e. The van der Waals surface area contributed by atoms with Crippen LogP contribution in [0.25, 0.3) is 11.1 Å². The van der Waals surface area contributed by atoms with E-state index in [1.165, 1.54) is 0 Å². The van der Waals surface area contributed by atoms with Crippen molar-refractivity contribution in [1.29, 1.82) is 0 Å². The number of para-hydroxylation sites is 1. The Morgan fingerprint density at radius 1 is 0.621 bits per heavy atom. The molecule has 29 heavy (non-hydrogen) atoms. The van der Waals surface area contributed by atoms with Gasteiger partial charge >= 0.3 is 6.03 Å². The number of nitrogens with zero attached hydrogens (tertiary/aromatic N) is 1. The van der Waals surface area contributed by atoms with Gasteiger partial charge in [-0.3, -0.25) is 4.90 Å². The molecule has 4 aromatic rings. The molecule has 4 rings (SSSR count). The van der Waals surface area contributed by atoms with E-state index < -0.39 is 0 Å². The smallest absolute Gasteiger partial charge is 0.308 e. The third-order valence-corrected chi connectivity index (χ3v) is 4.74. The fourth-order valence-electron chi connectivity index (χ4n) is 3.22. The molecule has 0 radical (unpaired) electrons.